The number of ether oxygens (including phenoxy) is 1. The molecule has 0 saturated heterocycles. The van der Waals surface area contributed by atoms with Gasteiger partial charge in [0.05, 0.1) is 24.4 Å². The van der Waals surface area contributed by atoms with Crippen LogP contribution in [0.15, 0.2) is 84.1 Å². The Morgan fingerprint density at radius 2 is 1.62 bits per heavy atom. The Morgan fingerprint density at radius 3 is 2.27 bits per heavy atom. The van der Waals surface area contributed by atoms with Crippen molar-refractivity contribution in [3.63, 3.8) is 0 Å². The molecule has 1 aliphatic heterocycles. The lowest BCUT2D eigenvalue weighted by Crippen LogP contribution is -2.38. The van der Waals surface area contributed by atoms with Crippen LogP contribution in [0.1, 0.15) is 47.7 Å². The molecular weight excluding hydrogens is 478 g/mol. The van der Waals surface area contributed by atoms with Gasteiger partial charge in [-0.15, -0.1) is 0 Å². The summed E-state index contributed by atoms with van der Waals surface area (Å²) in [4.78, 5) is 40.0. The summed E-state index contributed by atoms with van der Waals surface area (Å²) in [6.45, 7) is 3.62. The van der Waals surface area contributed by atoms with E-state index in [4.69, 9.17) is 4.74 Å². The Hall–Kier alpha value is -4.33. The van der Waals surface area contributed by atoms with Crippen molar-refractivity contribution in [2.75, 3.05) is 11.9 Å². The Labute approximate surface area is 213 Å². The highest BCUT2D eigenvalue weighted by Crippen LogP contribution is 2.38. The van der Waals surface area contributed by atoms with Crippen LogP contribution in [0, 0.1) is 11.6 Å². The number of nitrogens with one attached hydrogen (secondary N) is 1. The number of carbonyl (C=O) groups is 3. The first-order chi connectivity index (χ1) is 17.8. The molecule has 0 aliphatic carbocycles. The number of para-hydroxylation sites is 1. The van der Waals surface area contributed by atoms with E-state index in [-0.39, 0.29) is 42.3 Å². The molecule has 1 aliphatic rings. The fourth-order valence-corrected chi connectivity index (χ4v) is 4.40. The predicted octanol–water partition coefficient (Wildman–Crippen LogP) is 5.57. The van der Waals surface area contributed by atoms with Crippen molar-refractivity contribution >= 4 is 23.5 Å². The molecule has 3 aromatic carbocycles. The van der Waals surface area contributed by atoms with Crippen molar-refractivity contribution in [2.45, 2.75) is 32.7 Å². The van der Waals surface area contributed by atoms with Gasteiger partial charge in [-0.25, -0.2) is 13.6 Å². The molecule has 0 fully saturated rings. The summed E-state index contributed by atoms with van der Waals surface area (Å²) in [6, 6.07) is 18.5. The van der Waals surface area contributed by atoms with Crippen molar-refractivity contribution in [1.82, 2.24) is 4.90 Å². The average Bonchev–Trinajstić information content (AvgIpc) is 2.88. The molecule has 190 valence electrons. The molecule has 0 aromatic heterocycles. The van der Waals surface area contributed by atoms with E-state index >= 15 is 0 Å². The lowest BCUT2D eigenvalue weighted by molar-refractivity contribution is -0.140. The third kappa shape index (κ3) is 5.58. The predicted molar refractivity (Wildman–Crippen MR) is 134 cm³/mol. The van der Waals surface area contributed by atoms with Crippen molar-refractivity contribution in [3.05, 3.63) is 112 Å². The van der Waals surface area contributed by atoms with Gasteiger partial charge in [0.25, 0.3) is 5.91 Å². The normalized spacial score (nSPS) is 15.5. The molecule has 2 amide bonds. The SMILES string of the molecule is CCOC(=O)C1=C(C)N(Cc2ccc(C(=O)Nc3ccccc3F)cc2)C(=O)CC1c1ccccc1F. The number of rotatable bonds is 7. The second-order valence-corrected chi connectivity index (χ2v) is 8.61. The van der Waals surface area contributed by atoms with E-state index in [1.807, 2.05) is 0 Å². The molecule has 3 aromatic rings. The minimum Gasteiger partial charge on any atom is -0.463 e. The lowest BCUT2D eigenvalue weighted by atomic mass is 9.83. The maximum Gasteiger partial charge on any atom is 0.336 e. The van der Waals surface area contributed by atoms with Gasteiger partial charge in [0, 0.05) is 23.6 Å². The van der Waals surface area contributed by atoms with Gasteiger partial charge < -0.3 is 15.0 Å². The second-order valence-electron chi connectivity index (χ2n) is 8.61. The molecule has 4 rings (SSSR count). The zero-order valence-electron chi connectivity index (χ0n) is 20.5. The van der Waals surface area contributed by atoms with Gasteiger partial charge in [0.15, 0.2) is 0 Å². The van der Waals surface area contributed by atoms with Crippen molar-refractivity contribution in [3.8, 4) is 0 Å². The van der Waals surface area contributed by atoms with E-state index in [0.29, 0.717) is 16.8 Å². The van der Waals surface area contributed by atoms with Crippen LogP contribution >= 0.6 is 0 Å². The highest BCUT2D eigenvalue weighted by Gasteiger charge is 2.37. The molecule has 1 atom stereocenters. The van der Waals surface area contributed by atoms with Crippen molar-refractivity contribution in [2.24, 2.45) is 0 Å². The largest absolute Gasteiger partial charge is 0.463 e. The summed E-state index contributed by atoms with van der Waals surface area (Å²) in [6.07, 6.45) is -0.0877. The third-order valence-electron chi connectivity index (χ3n) is 6.28. The number of amides is 2. The number of allylic oxidation sites excluding steroid dienone is 1. The summed E-state index contributed by atoms with van der Waals surface area (Å²) in [5.74, 6) is -3.12. The number of hydrogen-bond acceptors (Lipinski definition) is 4. The highest BCUT2D eigenvalue weighted by molar-refractivity contribution is 6.04. The van der Waals surface area contributed by atoms with E-state index in [1.165, 1.54) is 29.2 Å². The van der Waals surface area contributed by atoms with Gasteiger partial charge in [-0.05, 0) is 55.3 Å². The van der Waals surface area contributed by atoms with Crippen LogP contribution in [0.25, 0.3) is 0 Å². The van der Waals surface area contributed by atoms with Crippen LogP contribution in [0.2, 0.25) is 0 Å². The second kappa shape index (κ2) is 11.2. The molecule has 1 heterocycles. The number of halogens is 2. The van der Waals surface area contributed by atoms with Crippen molar-refractivity contribution < 1.29 is 27.9 Å². The Morgan fingerprint density at radius 1 is 0.973 bits per heavy atom. The lowest BCUT2D eigenvalue weighted by Gasteiger charge is -2.34. The molecule has 0 radical (unpaired) electrons. The smallest absolute Gasteiger partial charge is 0.336 e. The Balaban J connectivity index is 1.58. The average molecular weight is 505 g/mol. The molecular formula is C29H26F2N2O4. The van der Waals surface area contributed by atoms with Gasteiger partial charge in [-0.3, -0.25) is 9.59 Å². The van der Waals surface area contributed by atoms with Crippen molar-refractivity contribution in [1.29, 1.82) is 0 Å². The van der Waals surface area contributed by atoms with Crippen LogP contribution < -0.4 is 5.32 Å². The number of benzene rings is 3. The van der Waals surface area contributed by atoms with E-state index in [0.717, 1.165) is 0 Å². The van der Waals surface area contributed by atoms with Crippen LogP contribution in [0.5, 0.6) is 0 Å². The number of anilines is 1. The summed E-state index contributed by atoms with van der Waals surface area (Å²) in [7, 11) is 0. The number of hydrogen-bond donors (Lipinski definition) is 1. The molecule has 0 saturated carbocycles. The molecule has 8 heteroatoms. The first-order valence-electron chi connectivity index (χ1n) is 11.9. The maximum absolute atomic E-state index is 14.6. The van der Waals surface area contributed by atoms with Gasteiger partial charge in [-0.2, -0.15) is 0 Å². The fraction of sp³-hybridized carbons (Fsp3) is 0.207. The Kier molecular flexibility index (Phi) is 7.77. The van der Waals surface area contributed by atoms with Gasteiger partial charge >= 0.3 is 5.97 Å². The standard InChI is InChI=1S/C29H26F2N2O4/c1-3-37-29(36)27-18(2)33(26(34)16-22(27)21-8-4-5-9-23(21)30)17-19-12-14-20(15-13-19)28(35)32-25-11-7-6-10-24(25)31/h4-15,22H,3,16-17H2,1-2H3,(H,32,35). The fourth-order valence-electron chi connectivity index (χ4n) is 4.40. The number of esters is 1. The zero-order chi connectivity index (χ0) is 26.5. The minimum absolute atomic E-state index is 0.0761. The summed E-state index contributed by atoms with van der Waals surface area (Å²) >= 11 is 0. The first kappa shape index (κ1) is 25.8. The van der Waals surface area contributed by atoms with Crippen LogP contribution in [0.4, 0.5) is 14.5 Å². The molecule has 0 bridgehead atoms. The van der Waals surface area contributed by atoms with Crippen LogP contribution in [0.3, 0.4) is 0 Å². The van der Waals surface area contributed by atoms with E-state index < -0.39 is 29.4 Å². The van der Waals surface area contributed by atoms with E-state index in [2.05, 4.69) is 5.32 Å². The maximum atomic E-state index is 14.6. The Bertz CT molecular complexity index is 1370. The number of nitrogens with zero attached hydrogens (tertiary/aromatic N) is 1. The van der Waals surface area contributed by atoms with E-state index in [9.17, 15) is 23.2 Å². The van der Waals surface area contributed by atoms with Crippen LogP contribution in [-0.4, -0.2) is 29.3 Å². The molecule has 37 heavy (non-hydrogen) atoms. The van der Waals surface area contributed by atoms with Gasteiger partial charge in [-0.1, -0.05) is 42.5 Å². The summed E-state index contributed by atoms with van der Waals surface area (Å²) in [5.41, 5.74) is 2.01. The minimum atomic E-state index is -0.756. The number of carbonyl (C=O) groups excluding carboxylic acids is 3. The third-order valence-corrected chi connectivity index (χ3v) is 6.28. The van der Waals surface area contributed by atoms with Crippen LogP contribution in [-0.2, 0) is 20.9 Å². The molecule has 1 N–H and O–H groups in total. The topological polar surface area (TPSA) is 75.7 Å². The van der Waals surface area contributed by atoms with E-state index in [1.54, 1.807) is 62.4 Å². The molecule has 6 nitrogen and oxygen atoms in total. The monoisotopic (exact) mass is 504 g/mol. The quantitative estimate of drug-likeness (QED) is 0.427. The highest BCUT2D eigenvalue weighted by atomic mass is 19.1. The first-order valence-corrected chi connectivity index (χ1v) is 11.9. The molecule has 0 spiro atoms. The summed E-state index contributed by atoms with van der Waals surface area (Å²) < 4.78 is 33.7. The summed E-state index contributed by atoms with van der Waals surface area (Å²) in [5, 5.41) is 2.53. The van der Waals surface area contributed by atoms with Gasteiger partial charge in [0.1, 0.15) is 11.6 Å². The van der Waals surface area contributed by atoms with Gasteiger partial charge in [0.2, 0.25) is 5.91 Å². The molecule has 1 unspecified atom stereocenters. The zero-order valence-corrected chi connectivity index (χ0v) is 20.5.